The molecule has 5 N–H and O–H groups in total. The van der Waals surface area contributed by atoms with Crippen molar-refractivity contribution in [3.05, 3.63) is 17.3 Å². The minimum absolute atomic E-state index is 0.00657. The third-order valence-electron chi connectivity index (χ3n) is 7.66. The maximum atomic E-state index is 14.1. The molecule has 1 aromatic carbocycles. The Hall–Kier alpha value is -1.87. The fraction of sp³-hybridized carbons (Fsp3) is 0.619. The summed E-state index contributed by atoms with van der Waals surface area (Å²) >= 11 is 0. The lowest BCUT2D eigenvalue weighted by molar-refractivity contribution is -0.153. The van der Waals surface area contributed by atoms with Crippen molar-refractivity contribution in [2.24, 2.45) is 11.3 Å². The van der Waals surface area contributed by atoms with Gasteiger partial charge in [-0.3, -0.25) is 0 Å². The van der Waals surface area contributed by atoms with E-state index in [1.807, 2.05) is 6.92 Å². The van der Waals surface area contributed by atoms with Crippen LogP contribution in [0, 0.1) is 11.3 Å². The van der Waals surface area contributed by atoms with Gasteiger partial charge >= 0.3 is 13.3 Å². The number of aromatic nitrogens is 1. The van der Waals surface area contributed by atoms with E-state index in [2.05, 4.69) is 18.8 Å². The molecule has 3 atom stereocenters. The molecule has 0 aliphatic heterocycles. The third kappa shape index (κ3) is 2.92. The molecule has 2 aliphatic rings. The molecule has 0 bridgehead atoms. The van der Waals surface area contributed by atoms with E-state index in [1.54, 1.807) is 0 Å². The van der Waals surface area contributed by atoms with Gasteiger partial charge in [0.25, 0.3) is 0 Å². The molecule has 2 aliphatic carbocycles. The summed E-state index contributed by atoms with van der Waals surface area (Å²) in [4.78, 5) is 2.81. The van der Waals surface area contributed by atoms with Gasteiger partial charge in [-0.25, -0.2) is 0 Å². The van der Waals surface area contributed by atoms with Gasteiger partial charge in [0.1, 0.15) is 0 Å². The van der Waals surface area contributed by atoms with Crippen LogP contribution in [0.4, 0.5) is 13.2 Å². The lowest BCUT2D eigenvalue weighted by Gasteiger charge is -2.51. The van der Waals surface area contributed by atoms with Crippen LogP contribution in [-0.4, -0.2) is 38.5 Å². The number of halogens is 3. The van der Waals surface area contributed by atoms with Gasteiger partial charge in [-0.05, 0) is 54.1 Å². The quantitative estimate of drug-likeness (QED) is 0.355. The van der Waals surface area contributed by atoms with Crippen molar-refractivity contribution in [3.8, 4) is 11.5 Å². The summed E-state index contributed by atoms with van der Waals surface area (Å²) in [5, 5.41) is 40.3. The maximum Gasteiger partial charge on any atom is 0.494 e. The molecule has 0 spiro atoms. The Bertz CT molecular complexity index is 1000. The monoisotopic (exact) mass is 425 g/mol. The van der Waals surface area contributed by atoms with Gasteiger partial charge in [0.2, 0.25) is 0 Å². The first kappa shape index (κ1) is 21.4. The maximum absolute atomic E-state index is 14.1. The van der Waals surface area contributed by atoms with Crippen LogP contribution in [0.15, 0.2) is 6.07 Å². The van der Waals surface area contributed by atoms with Crippen molar-refractivity contribution in [2.45, 2.75) is 70.4 Å². The molecule has 4 rings (SSSR count). The Labute approximate surface area is 173 Å². The van der Waals surface area contributed by atoms with Crippen molar-refractivity contribution in [1.82, 2.24) is 4.98 Å². The molecule has 0 saturated heterocycles. The number of alkyl halides is 3. The smallest absolute Gasteiger partial charge is 0.494 e. The van der Waals surface area contributed by atoms with Crippen LogP contribution >= 0.6 is 0 Å². The van der Waals surface area contributed by atoms with Crippen LogP contribution in [0.3, 0.4) is 0 Å². The van der Waals surface area contributed by atoms with Crippen LogP contribution in [0.25, 0.3) is 10.9 Å². The first-order valence-corrected chi connectivity index (χ1v) is 10.3. The number of rotatable bonds is 1. The van der Waals surface area contributed by atoms with E-state index >= 15 is 0 Å². The number of phenolic OH excluding ortho intramolecular Hbond substituents is 2. The summed E-state index contributed by atoms with van der Waals surface area (Å²) in [6.45, 7) is 6.19. The molecule has 1 heterocycles. The van der Waals surface area contributed by atoms with Crippen molar-refractivity contribution in [3.63, 3.8) is 0 Å². The summed E-state index contributed by atoms with van der Waals surface area (Å²) in [5.41, 5.74) is -0.637. The normalized spacial score (nSPS) is 28.7. The summed E-state index contributed by atoms with van der Waals surface area (Å²) in [6.07, 6.45) is -1.63. The summed E-state index contributed by atoms with van der Waals surface area (Å²) in [5.74, 6) is -3.08. The Morgan fingerprint density at radius 3 is 2.37 bits per heavy atom. The van der Waals surface area contributed by atoms with Gasteiger partial charge in [0.15, 0.2) is 11.5 Å². The van der Waals surface area contributed by atoms with E-state index in [1.165, 1.54) is 6.07 Å². The number of hydrogen-bond donors (Lipinski definition) is 5. The van der Waals surface area contributed by atoms with Crippen molar-refractivity contribution in [2.75, 3.05) is 0 Å². The fourth-order valence-electron chi connectivity index (χ4n) is 6.42. The van der Waals surface area contributed by atoms with E-state index in [4.69, 9.17) is 0 Å². The highest BCUT2D eigenvalue weighted by atomic mass is 19.4. The molecule has 2 aromatic rings. The first-order chi connectivity index (χ1) is 13.8. The summed E-state index contributed by atoms with van der Waals surface area (Å²) in [7, 11) is -2.15. The second-order valence-electron chi connectivity index (χ2n) is 9.85. The zero-order valence-electron chi connectivity index (χ0n) is 17.3. The number of hydrogen-bond acceptors (Lipinski definition) is 4. The highest BCUT2D eigenvalue weighted by Crippen LogP contribution is 2.60. The van der Waals surface area contributed by atoms with Crippen LogP contribution in [-0.2, 0) is 5.41 Å². The van der Waals surface area contributed by atoms with E-state index in [9.17, 15) is 33.4 Å². The van der Waals surface area contributed by atoms with Gasteiger partial charge in [0, 0.05) is 16.6 Å². The van der Waals surface area contributed by atoms with Crippen LogP contribution in [0.1, 0.15) is 70.1 Å². The van der Waals surface area contributed by atoms with Crippen LogP contribution in [0.2, 0.25) is 0 Å². The Morgan fingerprint density at radius 2 is 1.77 bits per heavy atom. The molecule has 164 valence electrons. The second kappa shape index (κ2) is 6.56. The summed E-state index contributed by atoms with van der Waals surface area (Å²) in [6, 6.07) is 1.24. The van der Waals surface area contributed by atoms with Crippen LogP contribution in [0.5, 0.6) is 11.5 Å². The molecule has 9 heteroatoms. The lowest BCUT2D eigenvalue weighted by Crippen LogP contribution is -2.44. The molecular weight excluding hydrogens is 398 g/mol. The Morgan fingerprint density at radius 1 is 1.10 bits per heavy atom. The number of phenols is 2. The molecule has 1 fully saturated rings. The Kier molecular flexibility index (Phi) is 4.68. The molecule has 1 aromatic heterocycles. The molecule has 5 nitrogen and oxygen atoms in total. The van der Waals surface area contributed by atoms with E-state index in [-0.39, 0.29) is 29.0 Å². The SMILES string of the molecule is CC1(C)CCCC2(C)c3c([nH]c4c(B(O)O)c(O)c(O)cc34)C(C(F)(F)F)CCC12. The second-order valence-corrected chi connectivity index (χ2v) is 9.85. The van der Waals surface area contributed by atoms with Gasteiger partial charge in [-0.2, -0.15) is 13.2 Å². The van der Waals surface area contributed by atoms with E-state index in [0.717, 1.165) is 12.8 Å². The molecule has 1 saturated carbocycles. The number of H-pyrrole nitrogens is 1. The van der Waals surface area contributed by atoms with E-state index < -0.39 is 41.6 Å². The van der Waals surface area contributed by atoms with Crippen molar-refractivity contribution < 1.29 is 33.4 Å². The average molecular weight is 425 g/mol. The highest BCUT2D eigenvalue weighted by Gasteiger charge is 2.55. The fourth-order valence-corrected chi connectivity index (χ4v) is 6.42. The first-order valence-electron chi connectivity index (χ1n) is 10.3. The minimum Gasteiger partial charge on any atom is -0.504 e. The lowest BCUT2D eigenvalue weighted by atomic mass is 9.53. The molecule has 0 amide bonds. The largest absolute Gasteiger partial charge is 0.504 e. The van der Waals surface area contributed by atoms with Crippen LogP contribution < -0.4 is 5.46 Å². The number of aromatic amines is 1. The van der Waals surface area contributed by atoms with Gasteiger partial charge < -0.3 is 25.2 Å². The third-order valence-corrected chi connectivity index (χ3v) is 7.66. The van der Waals surface area contributed by atoms with E-state index in [0.29, 0.717) is 23.8 Å². The molecule has 30 heavy (non-hydrogen) atoms. The zero-order valence-corrected chi connectivity index (χ0v) is 17.3. The predicted octanol–water partition coefficient (Wildman–Crippen LogP) is 3.78. The highest BCUT2D eigenvalue weighted by molar-refractivity contribution is 6.63. The number of nitrogens with one attached hydrogen (secondary N) is 1. The summed E-state index contributed by atoms with van der Waals surface area (Å²) < 4.78 is 42.4. The predicted molar refractivity (Wildman–Crippen MR) is 108 cm³/mol. The molecular formula is C21H27BF3NO4. The minimum atomic E-state index is -4.48. The topological polar surface area (TPSA) is 96.7 Å². The zero-order chi connectivity index (χ0) is 22.2. The molecule has 3 unspecified atom stereocenters. The van der Waals surface area contributed by atoms with Gasteiger partial charge in [0.05, 0.1) is 11.4 Å². The molecule has 0 radical (unpaired) electrons. The number of benzene rings is 1. The Balaban J connectivity index is 2.12. The van der Waals surface area contributed by atoms with Crippen molar-refractivity contribution >= 4 is 23.5 Å². The van der Waals surface area contributed by atoms with Gasteiger partial charge in [-0.1, -0.05) is 27.2 Å². The number of aromatic hydroxyl groups is 2. The standard InChI is InChI=1S/C21H27BF3NO4/c1-19(2)7-4-8-20(3)13(19)6-5-11(21(23,24)25)17-14(20)10-9-12(27)18(28)15(22(29)30)16(10)26-17/h9,11,13,26-30H,4-8H2,1-3H3. The van der Waals surface area contributed by atoms with Crippen molar-refractivity contribution in [1.29, 1.82) is 0 Å². The average Bonchev–Trinajstić information content (AvgIpc) is 2.88. The van der Waals surface area contributed by atoms with Gasteiger partial charge in [-0.15, -0.1) is 0 Å². The number of fused-ring (bicyclic) bond motifs is 5.